The molecule has 1 N–H and O–H groups in total. The number of Topliss-reactive ketones (excluding diaryl/α,β-unsaturated/α-hetero) is 1. The lowest BCUT2D eigenvalue weighted by Crippen LogP contribution is -2.36. The lowest BCUT2D eigenvalue weighted by Gasteiger charge is -2.36. The first-order chi connectivity index (χ1) is 14.1. The molecule has 2 rings (SSSR count). The van der Waals surface area contributed by atoms with Crippen molar-refractivity contribution in [2.75, 3.05) is 0 Å². The molecule has 0 bridgehead atoms. The van der Waals surface area contributed by atoms with Gasteiger partial charge in [0, 0.05) is 12.3 Å². The summed E-state index contributed by atoms with van der Waals surface area (Å²) in [4.78, 5) is 11.7. The SMILES string of the molecule is C/C(=C\CC[C@]1(C)CCc2cc(O)cc(C)c2O1)CC/C=C(\C)CCC(=O)C(C)C. The number of aromatic hydroxyl groups is 1. The molecule has 1 aromatic carbocycles. The summed E-state index contributed by atoms with van der Waals surface area (Å²) in [6.07, 6.45) is 12.2. The van der Waals surface area contributed by atoms with E-state index < -0.39 is 0 Å². The van der Waals surface area contributed by atoms with Crippen molar-refractivity contribution in [1.82, 2.24) is 0 Å². The number of phenolic OH excluding ortho intramolecular Hbond substituents is 1. The third-order valence-corrected chi connectivity index (χ3v) is 6.22. The summed E-state index contributed by atoms with van der Waals surface area (Å²) >= 11 is 0. The summed E-state index contributed by atoms with van der Waals surface area (Å²) in [7, 11) is 0. The Labute approximate surface area is 183 Å². The van der Waals surface area contributed by atoms with Crippen LogP contribution in [0.1, 0.15) is 90.7 Å². The molecule has 1 heterocycles. The van der Waals surface area contributed by atoms with E-state index in [1.165, 1.54) is 11.1 Å². The molecule has 1 aromatic rings. The second-order valence-electron chi connectivity index (χ2n) is 9.60. The van der Waals surface area contributed by atoms with E-state index in [2.05, 4.69) is 32.9 Å². The molecule has 3 heteroatoms. The molecule has 0 spiro atoms. The number of rotatable bonds is 10. The Balaban J connectivity index is 1.78. The quantitative estimate of drug-likeness (QED) is 0.412. The second kappa shape index (κ2) is 10.8. The fourth-order valence-electron chi connectivity index (χ4n) is 4.01. The van der Waals surface area contributed by atoms with Crippen molar-refractivity contribution in [2.45, 2.75) is 98.5 Å². The number of hydrogen-bond donors (Lipinski definition) is 1. The van der Waals surface area contributed by atoms with Crippen molar-refractivity contribution in [3.8, 4) is 11.5 Å². The predicted molar refractivity (Wildman–Crippen MR) is 125 cm³/mol. The van der Waals surface area contributed by atoms with Crippen LogP contribution in [0.4, 0.5) is 0 Å². The highest BCUT2D eigenvalue weighted by molar-refractivity contribution is 5.80. The largest absolute Gasteiger partial charge is 0.508 e. The van der Waals surface area contributed by atoms with E-state index in [1.54, 1.807) is 6.07 Å². The molecule has 30 heavy (non-hydrogen) atoms. The van der Waals surface area contributed by atoms with Crippen LogP contribution in [0.25, 0.3) is 0 Å². The number of fused-ring (bicyclic) bond motifs is 1. The fourth-order valence-corrected chi connectivity index (χ4v) is 4.01. The average molecular weight is 413 g/mol. The zero-order chi connectivity index (χ0) is 22.3. The average Bonchev–Trinajstić information content (AvgIpc) is 2.66. The highest BCUT2D eigenvalue weighted by Gasteiger charge is 2.31. The summed E-state index contributed by atoms with van der Waals surface area (Å²) in [6, 6.07) is 3.61. The number of phenols is 1. The van der Waals surface area contributed by atoms with Gasteiger partial charge in [0.15, 0.2) is 0 Å². The van der Waals surface area contributed by atoms with Crippen molar-refractivity contribution in [2.24, 2.45) is 5.92 Å². The van der Waals surface area contributed by atoms with Crippen LogP contribution >= 0.6 is 0 Å². The highest BCUT2D eigenvalue weighted by Crippen LogP contribution is 2.39. The van der Waals surface area contributed by atoms with Gasteiger partial charge in [0.05, 0.1) is 0 Å². The first-order valence-corrected chi connectivity index (χ1v) is 11.4. The van der Waals surface area contributed by atoms with Crippen molar-refractivity contribution >= 4 is 5.78 Å². The van der Waals surface area contributed by atoms with Gasteiger partial charge in [-0.1, -0.05) is 37.1 Å². The summed E-state index contributed by atoms with van der Waals surface area (Å²) in [5.74, 6) is 1.78. The minimum atomic E-state index is -0.148. The van der Waals surface area contributed by atoms with Crippen LogP contribution in [-0.2, 0) is 11.2 Å². The van der Waals surface area contributed by atoms with Crippen LogP contribution in [0.3, 0.4) is 0 Å². The van der Waals surface area contributed by atoms with Gasteiger partial charge in [0.2, 0.25) is 0 Å². The van der Waals surface area contributed by atoms with Gasteiger partial charge in [-0.05, 0) is 95.9 Å². The minimum Gasteiger partial charge on any atom is -0.508 e. The first-order valence-electron chi connectivity index (χ1n) is 11.4. The number of ketones is 1. The Hall–Kier alpha value is -2.03. The van der Waals surface area contributed by atoms with E-state index in [0.717, 1.165) is 61.8 Å². The molecule has 1 aliphatic rings. The molecule has 0 unspecified atom stereocenters. The first kappa shape index (κ1) is 24.2. The summed E-state index contributed by atoms with van der Waals surface area (Å²) < 4.78 is 6.39. The highest BCUT2D eigenvalue weighted by atomic mass is 16.5. The van der Waals surface area contributed by atoms with Crippen LogP contribution in [-0.4, -0.2) is 16.5 Å². The van der Waals surface area contributed by atoms with E-state index >= 15 is 0 Å². The van der Waals surface area contributed by atoms with Crippen molar-refractivity contribution in [3.05, 3.63) is 46.6 Å². The molecule has 0 radical (unpaired) electrons. The number of ether oxygens (including phenoxy) is 1. The van der Waals surface area contributed by atoms with Gasteiger partial charge in [-0.25, -0.2) is 0 Å². The number of carbonyl (C=O) groups excluding carboxylic acids is 1. The second-order valence-corrected chi connectivity index (χ2v) is 9.60. The predicted octanol–water partition coefficient (Wildman–Crippen LogP) is 7.24. The third-order valence-electron chi connectivity index (χ3n) is 6.22. The third kappa shape index (κ3) is 7.34. The van der Waals surface area contributed by atoms with Crippen molar-refractivity contribution < 1.29 is 14.6 Å². The number of carbonyl (C=O) groups is 1. The van der Waals surface area contributed by atoms with E-state index in [-0.39, 0.29) is 11.5 Å². The van der Waals surface area contributed by atoms with E-state index in [4.69, 9.17) is 4.74 Å². The number of aryl methyl sites for hydroxylation is 2. The maximum atomic E-state index is 11.7. The molecule has 0 aromatic heterocycles. The molecule has 0 saturated heterocycles. The van der Waals surface area contributed by atoms with Crippen molar-refractivity contribution in [3.63, 3.8) is 0 Å². The summed E-state index contributed by atoms with van der Waals surface area (Å²) in [5, 5.41) is 9.80. The number of benzene rings is 1. The van der Waals surface area contributed by atoms with Crippen LogP contribution in [0.2, 0.25) is 0 Å². The van der Waals surface area contributed by atoms with Gasteiger partial charge in [0.1, 0.15) is 22.9 Å². The smallest absolute Gasteiger partial charge is 0.135 e. The zero-order valence-corrected chi connectivity index (χ0v) is 19.8. The van der Waals surface area contributed by atoms with Gasteiger partial charge in [0.25, 0.3) is 0 Å². The molecule has 1 aliphatic heterocycles. The van der Waals surface area contributed by atoms with Crippen molar-refractivity contribution in [1.29, 1.82) is 0 Å². The Kier molecular flexibility index (Phi) is 8.76. The Morgan fingerprint density at radius 3 is 2.50 bits per heavy atom. The molecule has 0 saturated carbocycles. The van der Waals surface area contributed by atoms with Gasteiger partial charge in [-0.15, -0.1) is 0 Å². The standard InChI is InChI=1S/C27H40O3/c1-19(2)25(29)13-12-21(4)10-7-9-20(3)11-8-15-27(6)16-14-23-18-24(28)17-22(5)26(23)30-27/h10-11,17-19,28H,7-9,12-16H2,1-6H3/b20-11+,21-10+/t27-/m1/s1. The van der Waals surface area contributed by atoms with Gasteiger partial charge >= 0.3 is 0 Å². The van der Waals surface area contributed by atoms with E-state index in [1.807, 2.05) is 26.8 Å². The number of allylic oxidation sites excluding steroid dienone is 4. The van der Waals surface area contributed by atoms with Crippen LogP contribution in [0.5, 0.6) is 11.5 Å². The molecular weight excluding hydrogens is 372 g/mol. The monoisotopic (exact) mass is 412 g/mol. The fraction of sp³-hybridized carbons (Fsp3) is 0.593. The summed E-state index contributed by atoms with van der Waals surface area (Å²) in [6.45, 7) is 12.5. The van der Waals surface area contributed by atoms with E-state index in [9.17, 15) is 9.90 Å². The molecule has 0 amide bonds. The molecular formula is C27H40O3. The minimum absolute atomic E-state index is 0.141. The molecule has 1 atom stereocenters. The Morgan fingerprint density at radius 1 is 1.13 bits per heavy atom. The van der Waals surface area contributed by atoms with E-state index in [0.29, 0.717) is 18.0 Å². The van der Waals surface area contributed by atoms with Crippen LogP contribution in [0, 0.1) is 12.8 Å². The van der Waals surface area contributed by atoms with Gasteiger partial charge in [-0.2, -0.15) is 0 Å². The van der Waals surface area contributed by atoms with Gasteiger partial charge in [-0.3, -0.25) is 4.79 Å². The maximum absolute atomic E-state index is 11.7. The lowest BCUT2D eigenvalue weighted by atomic mass is 9.87. The van der Waals surface area contributed by atoms with Crippen LogP contribution in [0.15, 0.2) is 35.4 Å². The Morgan fingerprint density at radius 2 is 1.80 bits per heavy atom. The summed E-state index contributed by atoms with van der Waals surface area (Å²) in [5.41, 5.74) is 4.72. The van der Waals surface area contributed by atoms with Crippen LogP contribution < -0.4 is 4.74 Å². The maximum Gasteiger partial charge on any atom is 0.135 e. The molecule has 166 valence electrons. The molecule has 3 nitrogen and oxygen atoms in total. The topological polar surface area (TPSA) is 46.5 Å². The zero-order valence-electron chi connectivity index (χ0n) is 19.8. The lowest BCUT2D eigenvalue weighted by molar-refractivity contribution is -0.121. The molecule has 0 fully saturated rings. The molecule has 0 aliphatic carbocycles. The van der Waals surface area contributed by atoms with Gasteiger partial charge < -0.3 is 9.84 Å². The number of hydrogen-bond acceptors (Lipinski definition) is 3. The normalized spacial score (nSPS) is 19.6. The Bertz CT molecular complexity index is 801.